The highest BCUT2D eigenvalue weighted by Crippen LogP contribution is 2.14. The smallest absolute Gasteiger partial charge is 0.240 e. The third-order valence-electron chi connectivity index (χ3n) is 3.65. The maximum absolute atomic E-state index is 12.1. The van der Waals surface area contributed by atoms with Crippen molar-refractivity contribution < 1.29 is 13.8 Å². The van der Waals surface area contributed by atoms with Gasteiger partial charge in [-0.25, -0.2) is 0 Å². The molecule has 0 aliphatic heterocycles. The van der Waals surface area contributed by atoms with Gasteiger partial charge in [0.2, 0.25) is 11.8 Å². The number of halogens is 1. The molecule has 3 unspecified atom stereocenters. The Balaban J connectivity index is 2.42. The second-order valence-electron chi connectivity index (χ2n) is 5.44. The van der Waals surface area contributed by atoms with Crippen molar-refractivity contribution in [3.05, 3.63) is 28.7 Å². The van der Waals surface area contributed by atoms with E-state index in [1.807, 2.05) is 26.0 Å². The van der Waals surface area contributed by atoms with Gasteiger partial charge in [0.25, 0.3) is 0 Å². The summed E-state index contributed by atoms with van der Waals surface area (Å²) in [6.45, 7) is 3.81. The molecule has 3 N–H and O–H groups in total. The number of rotatable bonds is 9. The van der Waals surface area contributed by atoms with Gasteiger partial charge in [0.1, 0.15) is 6.04 Å². The minimum absolute atomic E-state index is 0.00616. The predicted molar refractivity (Wildman–Crippen MR) is 95.2 cm³/mol. The molecule has 5 nitrogen and oxygen atoms in total. The van der Waals surface area contributed by atoms with Crippen molar-refractivity contribution in [3.8, 4) is 0 Å². The van der Waals surface area contributed by atoms with Crippen molar-refractivity contribution in [1.29, 1.82) is 0 Å². The van der Waals surface area contributed by atoms with Crippen molar-refractivity contribution >= 4 is 38.5 Å². The van der Waals surface area contributed by atoms with Crippen molar-refractivity contribution in [2.75, 3.05) is 5.75 Å². The highest BCUT2D eigenvalue weighted by atomic mass is 79.9. The summed E-state index contributed by atoms with van der Waals surface area (Å²) in [6, 6.07) is 6.62. The maximum atomic E-state index is 12.1. The predicted octanol–water partition coefficient (Wildman–Crippen LogP) is 2.35. The van der Waals surface area contributed by atoms with E-state index in [2.05, 4.69) is 21.2 Å². The standard InChI is InChI=1S/C16H23BrN2O3S/c1-3-11(2)15(16(18)21)19-14(20)5-4-10-23(22)13-8-6-12(17)7-9-13/h6-9,11,15H,3-5,10H2,1-2H3,(H2,18,21)(H,19,20). The molecule has 2 amide bonds. The normalized spacial score (nSPS) is 14.7. The molecular weight excluding hydrogens is 380 g/mol. The zero-order valence-electron chi connectivity index (χ0n) is 13.4. The molecule has 128 valence electrons. The molecule has 7 heteroatoms. The van der Waals surface area contributed by atoms with E-state index in [0.29, 0.717) is 12.2 Å². The molecule has 0 saturated carbocycles. The van der Waals surface area contributed by atoms with Crippen LogP contribution in [0.1, 0.15) is 33.1 Å². The Morgan fingerprint density at radius 3 is 2.43 bits per heavy atom. The van der Waals surface area contributed by atoms with Gasteiger partial charge in [-0.05, 0) is 36.6 Å². The minimum atomic E-state index is -1.13. The van der Waals surface area contributed by atoms with Crippen LogP contribution in [-0.4, -0.2) is 27.8 Å². The van der Waals surface area contributed by atoms with Crippen LogP contribution in [0.3, 0.4) is 0 Å². The van der Waals surface area contributed by atoms with Crippen LogP contribution in [0.2, 0.25) is 0 Å². The first-order valence-corrected chi connectivity index (χ1v) is 9.69. The van der Waals surface area contributed by atoms with Crippen molar-refractivity contribution in [3.63, 3.8) is 0 Å². The molecule has 0 heterocycles. The largest absolute Gasteiger partial charge is 0.368 e. The van der Waals surface area contributed by atoms with Gasteiger partial charge in [-0.1, -0.05) is 36.2 Å². The molecule has 23 heavy (non-hydrogen) atoms. The first kappa shape index (κ1) is 19.8. The fourth-order valence-electron chi connectivity index (χ4n) is 2.04. The van der Waals surface area contributed by atoms with Crippen molar-refractivity contribution in [2.24, 2.45) is 11.7 Å². The van der Waals surface area contributed by atoms with Gasteiger partial charge in [-0.15, -0.1) is 0 Å². The van der Waals surface area contributed by atoms with Crippen LogP contribution in [0, 0.1) is 5.92 Å². The molecule has 1 rings (SSSR count). The van der Waals surface area contributed by atoms with Gasteiger partial charge in [-0.3, -0.25) is 13.8 Å². The fraction of sp³-hybridized carbons (Fsp3) is 0.500. The lowest BCUT2D eigenvalue weighted by atomic mass is 9.98. The van der Waals surface area contributed by atoms with Crippen molar-refractivity contribution in [2.45, 2.75) is 44.0 Å². The zero-order chi connectivity index (χ0) is 17.4. The van der Waals surface area contributed by atoms with E-state index in [9.17, 15) is 13.8 Å². The van der Waals surface area contributed by atoms with E-state index >= 15 is 0 Å². The summed E-state index contributed by atoms with van der Waals surface area (Å²) >= 11 is 3.33. The second kappa shape index (κ2) is 9.82. The summed E-state index contributed by atoms with van der Waals surface area (Å²) in [5, 5.41) is 2.67. The molecule has 0 bridgehead atoms. The quantitative estimate of drug-likeness (QED) is 0.663. The Labute approximate surface area is 148 Å². The van der Waals surface area contributed by atoms with Crippen LogP contribution in [-0.2, 0) is 20.4 Å². The molecule has 0 aliphatic rings. The highest BCUT2D eigenvalue weighted by Gasteiger charge is 2.23. The third kappa shape index (κ3) is 6.83. The summed E-state index contributed by atoms with van der Waals surface area (Å²) in [7, 11) is -1.13. The average Bonchev–Trinajstić information content (AvgIpc) is 2.52. The Morgan fingerprint density at radius 1 is 1.30 bits per heavy atom. The van der Waals surface area contributed by atoms with Gasteiger partial charge < -0.3 is 11.1 Å². The average molecular weight is 403 g/mol. The lowest BCUT2D eigenvalue weighted by Crippen LogP contribution is -2.48. The summed E-state index contributed by atoms with van der Waals surface area (Å²) in [4.78, 5) is 24.0. The SMILES string of the molecule is CCC(C)C(NC(=O)CCCS(=O)c1ccc(Br)cc1)C(N)=O. The minimum Gasteiger partial charge on any atom is -0.368 e. The molecule has 3 atom stereocenters. The Hall–Kier alpha value is -1.21. The van der Waals surface area contributed by atoms with E-state index in [1.54, 1.807) is 12.1 Å². The summed E-state index contributed by atoms with van der Waals surface area (Å²) in [5.41, 5.74) is 5.32. The molecule has 1 aromatic carbocycles. The maximum Gasteiger partial charge on any atom is 0.240 e. The number of amides is 2. The highest BCUT2D eigenvalue weighted by molar-refractivity contribution is 9.10. The second-order valence-corrected chi connectivity index (χ2v) is 7.93. The van der Waals surface area contributed by atoms with E-state index in [1.165, 1.54) is 0 Å². The number of hydrogen-bond donors (Lipinski definition) is 2. The van der Waals surface area contributed by atoms with Crippen LogP contribution in [0.4, 0.5) is 0 Å². The summed E-state index contributed by atoms with van der Waals surface area (Å²) in [6.07, 6.45) is 1.46. The van der Waals surface area contributed by atoms with Gasteiger partial charge in [-0.2, -0.15) is 0 Å². The zero-order valence-corrected chi connectivity index (χ0v) is 15.8. The Morgan fingerprint density at radius 2 is 1.91 bits per heavy atom. The van der Waals surface area contributed by atoms with Crippen LogP contribution in [0.25, 0.3) is 0 Å². The molecule has 0 fully saturated rings. The number of nitrogens with one attached hydrogen (secondary N) is 1. The molecule has 0 saturated heterocycles. The van der Waals surface area contributed by atoms with Crippen LogP contribution >= 0.6 is 15.9 Å². The Bertz CT molecular complexity index is 563. The van der Waals surface area contributed by atoms with E-state index in [-0.39, 0.29) is 18.2 Å². The number of nitrogens with two attached hydrogens (primary N) is 1. The first-order valence-electron chi connectivity index (χ1n) is 7.57. The van der Waals surface area contributed by atoms with Gasteiger partial charge >= 0.3 is 0 Å². The first-order chi connectivity index (χ1) is 10.8. The van der Waals surface area contributed by atoms with Crippen molar-refractivity contribution in [1.82, 2.24) is 5.32 Å². The lowest BCUT2D eigenvalue weighted by Gasteiger charge is -2.21. The lowest BCUT2D eigenvalue weighted by molar-refractivity contribution is -0.128. The number of benzene rings is 1. The van der Waals surface area contributed by atoms with E-state index < -0.39 is 22.7 Å². The molecule has 0 spiro atoms. The molecular formula is C16H23BrN2O3S. The molecule has 0 radical (unpaired) electrons. The van der Waals surface area contributed by atoms with Gasteiger partial charge in [0, 0.05) is 21.5 Å². The van der Waals surface area contributed by atoms with E-state index in [0.717, 1.165) is 15.8 Å². The van der Waals surface area contributed by atoms with Crippen LogP contribution < -0.4 is 11.1 Å². The van der Waals surface area contributed by atoms with Crippen LogP contribution in [0.5, 0.6) is 0 Å². The molecule has 0 aliphatic carbocycles. The number of hydrogen-bond acceptors (Lipinski definition) is 3. The summed E-state index contributed by atoms with van der Waals surface area (Å²) < 4.78 is 13.0. The Kier molecular flexibility index (Phi) is 8.47. The summed E-state index contributed by atoms with van der Waals surface area (Å²) in [5.74, 6) is -0.360. The number of carbonyl (C=O) groups is 2. The fourth-order valence-corrected chi connectivity index (χ4v) is 3.39. The van der Waals surface area contributed by atoms with Crippen LogP contribution in [0.15, 0.2) is 33.6 Å². The topological polar surface area (TPSA) is 89.3 Å². The number of primary amides is 1. The van der Waals surface area contributed by atoms with Gasteiger partial charge in [0.05, 0.1) is 10.8 Å². The number of carbonyl (C=O) groups excluding carboxylic acids is 2. The van der Waals surface area contributed by atoms with E-state index in [4.69, 9.17) is 5.73 Å². The van der Waals surface area contributed by atoms with Gasteiger partial charge in [0.15, 0.2) is 0 Å². The molecule has 1 aromatic rings. The third-order valence-corrected chi connectivity index (χ3v) is 5.63. The molecule has 0 aromatic heterocycles. The monoisotopic (exact) mass is 402 g/mol.